The zero-order valence-corrected chi connectivity index (χ0v) is 21.8. The predicted octanol–water partition coefficient (Wildman–Crippen LogP) is 6.04. The molecule has 2 heterocycles. The Balaban J connectivity index is 1.20. The number of carbonyl (C=O) groups is 3. The van der Waals surface area contributed by atoms with E-state index in [9.17, 15) is 31.9 Å². The van der Waals surface area contributed by atoms with Crippen LogP contribution in [0, 0.1) is 5.82 Å². The number of benzene rings is 3. The Morgan fingerprint density at radius 2 is 1.60 bits per heavy atom. The molecular weight excluding hydrogens is 546 g/mol. The van der Waals surface area contributed by atoms with Crippen molar-refractivity contribution in [2.75, 3.05) is 31.1 Å². The first-order valence-corrected chi connectivity index (χ1v) is 13.2. The summed E-state index contributed by atoms with van der Waals surface area (Å²) in [6.45, 7) is 1.48. The molecule has 206 valence electrons. The van der Waals surface area contributed by atoms with Crippen molar-refractivity contribution in [3.63, 3.8) is 0 Å². The number of nitrogens with zero attached hydrogens (tertiary/aromatic N) is 3. The SMILES string of the molecule is O=C(c1ccc(/C=C2\SC(=O)N(Cc3cccc(F)c3)C2=O)cc1)N1CCN(c2cccc(C(F)(F)F)c2)CC1. The van der Waals surface area contributed by atoms with Gasteiger partial charge in [-0.1, -0.05) is 30.3 Å². The molecule has 3 aromatic carbocycles. The minimum Gasteiger partial charge on any atom is -0.368 e. The van der Waals surface area contributed by atoms with E-state index in [-0.39, 0.29) is 17.4 Å². The van der Waals surface area contributed by atoms with Crippen LogP contribution in [0.15, 0.2) is 77.7 Å². The summed E-state index contributed by atoms with van der Waals surface area (Å²) >= 11 is 0.796. The maximum atomic E-state index is 13.5. The summed E-state index contributed by atoms with van der Waals surface area (Å²) in [6, 6.07) is 17.5. The van der Waals surface area contributed by atoms with Crippen LogP contribution in [-0.4, -0.2) is 53.0 Å². The monoisotopic (exact) mass is 569 g/mol. The Bertz CT molecular complexity index is 1480. The standard InChI is InChI=1S/C29H23F4N3O3S/c30-23-5-1-3-20(15-23)18-36-27(38)25(40-28(36)39)16-19-7-9-21(10-8-19)26(37)35-13-11-34(12-14-35)24-6-2-4-22(17-24)29(31,32)33/h1-10,15-17H,11-14,18H2/b25-16-. The second kappa shape index (κ2) is 11.2. The number of anilines is 1. The van der Waals surface area contributed by atoms with Gasteiger partial charge in [-0.3, -0.25) is 19.3 Å². The van der Waals surface area contributed by atoms with Crippen molar-refractivity contribution in [2.45, 2.75) is 12.7 Å². The number of amides is 3. The zero-order valence-electron chi connectivity index (χ0n) is 21.0. The molecule has 2 aliphatic rings. The molecule has 6 nitrogen and oxygen atoms in total. The van der Waals surface area contributed by atoms with Crippen molar-refractivity contribution in [1.29, 1.82) is 0 Å². The van der Waals surface area contributed by atoms with Crippen LogP contribution in [-0.2, 0) is 17.5 Å². The molecule has 0 unspecified atom stereocenters. The van der Waals surface area contributed by atoms with Crippen molar-refractivity contribution in [2.24, 2.45) is 0 Å². The summed E-state index contributed by atoms with van der Waals surface area (Å²) in [4.78, 5) is 43.0. The minimum atomic E-state index is -4.42. The van der Waals surface area contributed by atoms with Crippen LogP contribution in [0.2, 0.25) is 0 Å². The Kier molecular flexibility index (Phi) is 7.66. The minimum absolute atomic E-state index is 0.0335. The molecular formula is C29H23F4N3O3S. The molecule has 0 saturated carbocycles. The number of halogens is 4. The van der Waals surface area contributed by atoms with Gasteiger partial charge in [-0.2, -0.15) is 13.2 Å². The number of rotatable bonds is 5. The van der Waals surface area contributed by atoms with Crippen LogP contribution in [0.5, 0.6) is 0 Å². The first kappa shape index (κ1) is 27.4. The highest BCUT2D eigenvalue weighted by Crippen LogP contribution is 2.34. The summed E-state index contributed by atoms with van der Waals surface area (Å²) in [6.07, 6.45) is -2.85. The predicted molar refractivity (Wildman–Crippen MR) is 144 cm³/mol. The molecule has 5 rings (SSSR count). The first-order chi connectivity index (χ1) is 19.1. The molecule has 0 N–H and O–H groups in total. The van der Waals surface area contributed by atoms with E-state index in [2.05, 4.69) is 0 Å². The van der Waals surface area contributed by atoms with Gasteiger partial charge in [-0.25, -0.2) is 4.39 Å². The van der Waals surface area contributed by atoms with Crippen LogP contribution < -0.4 is 4.90 Å². The number of carbonyl (C=O) groups excluding carboxylic acids is 3. The number of alkyl halides is 3. The van der Waals surface area contributed by atoms with Gasteiger partial charge in [0.2, 0.25) is 0 Å². The van der Waals surface area contributed by atoms with Crippen LogP contribution in [0.3, 0.4) is 0 Å². The van der Waals surface area contributed by atoms with Crippen molar-refractivity contribution < 1.29 is 31.9 Å². The van der Waals surface area contributed by atoms with E-state index in [4.69, 9.17) is 0 Å². The van der Waals surface area contributed by atoms with E-state index >= 15 is 0 Å². The lowest BCUT2D eigenvalue weighted by Crippen LogP contribution is -2.48. The fourth-order valence-electron chi connectivity index (χ4n) is 4.56. The van der Waals surface area contributed by atoms with Gasteiger partial charge in [0.1, 0.15) is 5.82 Å². The Morgan fingerprint density at radius 3 is 2.27 bits per heavy atom. The summed E-state index contributed by atoms with van der Waals surface area (Å²) in [5, 5.41) is -0.448. The van der Waals surface area contributed by atoms with E-state index < -0.39 is 28.7 Å². The third-order valence-corrected chi connectivity index (χ3v) is 7.57. The highest BCUT2D eigenvalue weighted by atomic mass is 32.2. The van der Waals surface area contributed by atoms with Gasteiger partial charge in [0.05, 0.1) is 17.0 Å². The molecule has 2 aliphatic heterocycles. The van der Waals surface area contributed by atoms with Crippen molar-refractivity contribution in [3.05, 3.63) is 106 Å². The van der Waals surface area contributed by atoms with Crippen LogP contribution in [0.4, 0.5) is 28.0 Å². The molecule has 2 fully saturated rings. The van der Waals surface area contributed by atoms with Crippen molar-refractivity contribution in [1.82, 2.24) is 9.80 Å². The molecule has 0 aromatic heterocycles. The number of thioether (sulfide) groups is 1. The average Bonchev–Trinajstić information content (AvgIpc) is 3.20. The maximum Gasteiger partial charge on any atom is 0.416 e. The van der Waals surface area contributed by atoms with Gasteiger partial charge < -0.3 is 9.80 Å². The maximum absolute atomic E-state index is 13.5. The van der Waals surface area contributed by atoms with Gasteiger partial charge in [0.15, 0.2) is 0 Å². The molecule has 40 heavy (non-hydrogen) atoms. The third kappa shape index (κ3) is 6.04. The highest BCUT2D eigenvalue weighted by Gasteiger charge is 2.35. The zero-order chi connectivity index (χ0) is 28.4. The fourth-order valence-corrected chi connectivity index (χ4v) is 5.40. The normalized spacial score (nSPS) is 17.2. The molecule has 11 heteroatoms. The summed E-state index contributed by atoms with van der Waals surface area (Å²) in [5.74, 6) is -1.13. The smallest absolute Gasteiger partial charge is 0.368 e. The van der Waals surface area contributed by atoms with Crippen molar-refractivity contribution >= 4 is 40.6 Å². The molecule has 0 atom stereocenters. The number of hydrogen-bond acceptors (Lipinski definition) is 5. The van der Waals surface area contributed by atoms with Crippen LogP contribution in [0.25, 0.3) is 6.08 Å². The lowest BCUT2D eigenvalue weighted by Gasteiger charge is -2.36. The Labute approximate surface area is 231 Å². The largest absolute Gasteiger partial charge is 0.416 e. The van der Waals surface area contributed by atoms with E-state index in [0.717, 1.165) is 28.8 Å². The molecule has 3 aromatic rings. The molecule has 2 saturated heterocycles. The molecule has 0 bridgehead atoms. The van der Waals surface area contributed by atoms with Gasteiger partial charge in [0.25, 0.3) is 17.1 Å². The number of imide groups is 1. The van der Waals surface area contributed by atoms with Gasteiger partial charge in [0, 0.05) is 37.4 Å². The quantitative estimate of drug-likeness (QED) is 0.277. The van der Waals surface area contributed by atoms with Crippen LogP contribution >= 0.6 is 11.8 Å². The Hall–Kier alpha value is -4.12. The van der Waals surface area contributed by atoms with Gasteiger partial charge >= 0.3 is 6.18 Å². The first-order valence-electron chi connectivity index (χ1n) is 12.4. The third-order valence-electron chi connectivity index (χ3n) is 6.66. The fraction of sp³-hybridized carbons (Fsp3) is 0.207. The van der Waals surface area contributed by atoms with E-state index in [0.29, 0.717) is 48.6 Å². The Morgan fingerprint density at radius 1 is 0.900 bits per heavy atom. The van der Waals surface area contributed by atoms with Gasteiger partial charge in [-0.05, 0) is 71.4 Å². The summed E-state index contributed by atoms with van der Waals surface area (Å²) in [5.41, 5.74) is 1.32. The van der Waals surface area contributed by atoms with Gasteiger partial charge in [-0.15, -0.1) is 0 Å². The highest BCUT2D eigenvalue weighted by molar-refractivity contribution is 8.18. The molecule has 0 aliphatic carbocycles. The number of piperazine rings is 1. The summed E-state index contributed by atoms with van der Waals surface area (Å²) in [7, 11) is 0. The molecule has 0 spiro atoms. The topological polar surface area (TPSA) is 60.9 Å². The molecule has 0 radical (unpaired) electrons. The second-order valence-corrected chi connectivity index (χ2v) is 10.3. The van der Waals surface area contributed by atoms with Crippen molar-refractivity contribution in [3.8, 4) is 0 Å². The molecule has 3 amide bonds. The lowest BCUT2D eigenvalue weighted by molar-refractivity contribution is -0.137. The second-order valence-electron chi connectivity index (χ2n) is 9.35. The van der Waals surface area contributed by atoms with E-state index in [1.165, 1.54) is 24.3 Å². The van der Waals surface area contributed by atoms with Crippen LogP contribution in [0.1, 0.15) is 27.0 Å². The lowest BCUT2D eigenvalue weighted by atomic mass is 10.1. The van der Waals surface area contributed by atoms with E-state index in [1.807, 2.05) is 4.90 Å². The van der Waals surface area contributed by atoms with E-state index in [1.54, 1.807) is 47.4 Å². The number of hydrogen-bond donors (Lipinski definition) is 0. The average molecular weight is 570 g/mol. The summed E-state index contributed by atoms with van der Waals surface area (Å²) < 4.78 is 52.6.